The van der Waals surface area contributed by atoms with Gasteiger partial charge in [-0.2, -0.15) is 0 Å². The zero-order chi connectivity index (χ0) is 19.7. The van der Waals surface area contributed by atoms with E-state index in [1.165, 1.54) is 6.08 Å². The normalized spacial score (nSPS) is 15.4. The molecule has 0 aliphatic carbocycles. The summed E-state index contributed by atoms with van der Waals surface area (Å²) in [5.74, 6) is -1.64. The van der Waals surface area contributed by atoms with Gasteiger partial charge in [-0.25, -0.2) is 4.79 Å². The largest absolute Gasteiger partial charge is 0.481 e. The van der Waals surface area contributed by atoms with E-state index >= 15 is 0 Å². The predicted molar refractivity (Wildman–Crippen MR) is 95.6 cm³/mol. The Kier molecular flexibility index (Phi) is 4.52. The number of carboxylic acid groups (broad SMARTS) is 2. The van der Waals surface area contributed by atoms with Crippen molar-refractivity contribution < 1.29 is 38.7 Å². The minimum absolute atomic E-state index is 0.00530. The van der Waals surface area contributed by atoms with Gasteiger partial charge in [0, 0.05) is 0 Å². The first-order valence-corrected chi connectivity index (χ1v) is 8.47. The molecular weight excluding hydrogens is 368 g/mol. The fourth-order valence-electron chi connectivity index (χ4n) is 3.13. The molecule has 1 atom stereocenters. The highest BCUT2D eigenvalue weighted by atomic mass is 16.7. The molecule has 0 saturated heterocycles. The molecule has 0 unspecified atom stereocenters. The van der Waals surface area contributed by atoms with Gasteiger partial charge in [-0.05, 0) is 47.9 Å². The molecule has 4 rings (SSSR count). The van der Waals surface area contributed by atoms with E-state index in [-0.39, 0.29) is 25.6 Å². The molecule has 2 aliphatic rings. The lowest BCUT2D eigenvalue weighted by Gasteiger charge is -2.14. The third-order valence-electron chi connectivity index (χ3n) is 4.52. The molecule has 2 N–H and O–H groups in total. The molecule has 8 heteroatoms. The summed E-state index contributed by atoms with van der Waals surface area (Å²) < 4.78 is 21.1. The first-order chi connectivity index (χ1) is 13.5. The Morgan fingerprint density at radius 1 is 0.893 bits per heavy atom. The molecule has 2 aromatic rings. The number of rotatable bonds is 6. The van der Waals surface area contributed by atoms with Gasteiger partial charge in [0.25, 0.3) is 0 Å². The van der Waals surface area contributed by atoms with E-state index in [0.29, 0.717) is 34.1 Å². The Hall–Kier alpha value is -3.68. The topological polar surface area (TPSA) is 112 Å². The Balaban J connectivity index is 1.65. The summed E-state index contributed by atoms with van der Waals surface area (Å²) in [5, 5.41) is 19.3. The van der Waals surface area contributed by atoms with Gasteiger partial charge in [0.2, 0.25) is 13.6 Å². The van der Waals surface area contributed by atoms with Crippen LogP contribution in [-0.4, -0.2) is 35.7 Å². The molecule has 0 fully saturated rings. The fraction of sp³-hybridized carbons (Fsp3) is 0.200. The minimum Gasteiger partial charge on any atom is -0.481 e. The van der Waals surface area contributed by atoms with Gasteiger partial charge in [0.1, 0.15) is 0 Å². The number of hydrogen-bond acceptors (Lipinski definition) is 6. The van der Waals surface area contributed by atoms with Crippen molar-refractivity contribution in [2.75, 3.05) is 13.6 Å². The van der Waals surface area contributed by atoms with Gasteiger partial charge in [-0.1, -0.05) is 12.1 Å². The summed E-state index contributed by atoms with van der Waals surface area (Å²) in [6, 6.07) is 9.96. The van der Waals surface area contributed by atoms with Crippen LogP contribution < -0.4 is 18.9 Å². The molecule has 0 aromatic heterocycles. The molecule has 0 saturated carbocycles. The number of fused-ring (bicyclic) bond motifs is 2. The summed E-state index contributed by atoms with van der Waals surface area (Å²) in [5.41, 5.74) is 0.914. The van der Waals surface area contributed by atoms with Crippen molar-refractivity contribution in [3.05, 3.63) is 53.1 Å². The van der Waals surface area contributed by atoms with Crippen LogP contribution in [0.1, 0.15) is 11.1 Å². The molecule has 2 aliphatic heterocycles. The molecule has 2 heterocycles. The lowest BCUT2D eigenvalue weighted by atomic mass is 9.90. The van der Waals surface area contributed by atoms with Crippen molar-refractivity contribution in [2.24, 2.45) is 5.92 Å². The zero-order valence-corrected chi connectivity index (χ0v) is 14.6. The summed E-state index contributed by atoms with van der Waals surface area (Å²) in [6.07, 6.45) is 1.34. The van der Waals surface area contributed by atoms with Crippen LogP contribution in [0.25, 0.3) is 6.08 Å². The SMILES string of the molecule is O=C(O)/C(=C/c1ccc2c(c1)OCO2)[C@H](Cc1ccc2c(c1)OCO2)C(=O)O. The van der Waals surface area contributed by atoms with Crippen LogP contribution in [0.2, 0.25) is 0 Å². The summed E-state index contributed by atoms with van der Waals surface area (Å²) in [7, 11) is 0. The van der Waals surface area contributed by atoms with E-state index < -0.39 is 17.9 Å². The predicted octanol–water partition coefficient (Wildman–Crippen LogP) is 2.56. The standard InChI is InChI=1S/C20H16O8/c21-19(22)13(5-11-1-3-15-17(7-11)27-9-25-15)14(20(23)24)6-12-2-4-16-18(8-12)28-10-26-16/h1-5,7-8,14H,6,9-10H2,(H,21,22)(H,23,24)/b13-5+/t14-/m0/s1. The maximum atomic E-state index is 11.9. The maximum Gasteiger partial charge on any atom is 0.332 e. The van der Waals surface area contributed by atoms with Gasteiger partial charge in [-0.15, -0.1) is 0 Å². The van der Waals surface area contributed by atoms with Crippen LogP contribution in [-0.2, 0) is 16.0 Å². The molecule has 0 radical (unpaired) electrons. The Bertz CT molecular complexity index is 978. The average Bonchev–Trinajstić information content (AvgIpc) is 3.32. The van der Waals surface area contributed by atoms with Crippen LogP contribution >= 0.6 is 0 Å². The van der Waals surface area contributed by atoms with Gasteiger partial charge in [-0.3, -0.25) is 4.79 Å². The van der Waals surface area contributed by atoms with Crippen molar-refractivity contribution in [1.82, 2.24) is 0 Å². The zero-order valence-electron chi connectivity index (χ0n) is 14.6. The first-order valence-electron chi connectivity index (χ1n) is 8.47. The van der Waals surface area contributed by atoms with Crippen molar-refractivity contribution in [3.63, 3.8) is 0 Å². The molecule has 144 valence electrons. The monoisotopic (exact) mass is 384 g/mol. The van der Waals surface area contributed by atoms with Crippen molar-refractivity contribution >= 4 is 18.0 Å². The summed E-state index contributed by atoms with van der Waals surface area (Å²) in [6.45, 7) is 0.196. The number of carbonyl (C=O) groups is 2. The number of aliphatic carboxylic acids is 2. The van der Waals surface area contributed by atoms with E-state index in [0.717, 1.165) is 0 Å². The Morgan fingerprint density at radius 3 is 2.14 bits per heavy atom. The van der Waals surface area contributed by atoms with Crippen LogP contribution in [0.15, 0.2) is 42.0 Å². The number of carboxylic acids is 2. The summed E-state index contributed by atoms with van der Waals surface area (Å²) >= 11 is 0. The highest BCUT2D eigenvalue weighted by Crippen LogP contribution is 2.35. The first kappa shape index (κ1) is 17.7. The lowest BCUT2D eigenvalue weighted by Crippen LogP contribution is -2.23. The third-order valence-corrected chi connectivity index (χ3v) is 4.52. The van der Waals surface area contributed by atoms with Gasteiger partial charge >= 0.3 is 11.9 Å². The van der Waals surface area contributed by atoms with Gasteiger partial charge < -0.3 is 29.2 Å². The maximum absolute atomic E-state index is 11.9. The molecule has 8 nitrogen and oxygen atoms in total. The van der Waals surface area contributed by atoms with E-state index in [1.807, 2.05) is 0 Å². The van der Waals surface area contributed by atoms with Gasteiger partial charge in [0.05, 0.1) is 11.5 Å². The van der Waals surface area contributed by atoms with E-state index in [4.69, 9.17) is 18.9 Å². The highest BCUT2D eigenvalue weighted by Gasteiger charge is 2.29. The molecule has 2 aromatic carbocycles. The fourth-order valence-corrected chi connectivity index (χ4v) is 3.13. The van der Waals surface area contributed by atoms with Crippen LogP contribution in [0.4, 0.5) is 0 Å². The van der Waals surface area contributed by atoms with Crippen molar-refractivity contribution in [2.45, 2.75) is 6.42 Å². The minimum atomic E-state index is -1.30. The Morgan fingerprint density at radius 2 is 1.50 bits per heavy atom. The second-order valence-electron chi connectivity index (χ2n) is 6.30. The van der Waals surface area contributed by atoms with Crippen molar-refractivity contribution in [3.8, 4) is 23.0 Å². The molecule has 0 spiro atoms. The smallest absolute Gasteiger partial charge is 0.332 e. The molecule has 0 amide bonds. The molecule has 28 heavy (non-hydrogen) atoms. The second-order valence-corrected chi connectivity index (χ2v) is 6.30. The summed E-state index contributed by atoms with van der Waals surface area (Å²) in [4.78, 5) is 23.7. The van der Waals surface area contributed by atoms with Crippen molar-refractivity contribution in [1.29, 1.82) is 0 Å². The third kappa shape index (κ3) is 3.44. The van der Waals surface area contributed by atoms with Gasteiger partial charge in [0.15, 0.2) is 23.0 Å². The van der Waals surface area contributed by atoms with Crippen LogP contribution in [0.5, 0.6) is 23.0 Å². The lowest BCUT2D eigenvalue weighted by molar-refractivity contribution is -0.143. The number of benzene rings is 2. The molecular formula is C20H16O8. The van der Waals surface area contributed by atoms with E-state index in [9.17, 15) is 19.8 Å². The highest BCUT2D eigenvalue weighted by molar-refractivity contribution is 5.98. The van der Waals surface area contributed by atoms with E-state index in [1.54, 1.807) is 36.4 Å². The van der Waals surface area contributed by atoms with Crippen LogP contribution in [0, 0.1) is 5.92 Å². The van der Waals surface area contributed by atoms with Crippen LogP contribution in [0.3, 0.4) is 0 Å². The average molecular weight is 384 g/mol. The number of hydrogen-bond donors (Lipinski definition) is 2. The second kappa shape index (κ2) is 7.15. The quantitative estimate of drug-likeness (QED) is 0.731. The Labute approximate surface area is 159 Å². The van der Waals surface area contributed by atoms with E-state index in [2.05, 4.69) is 0 Å². The number of ether oxygens (including phenoxy) is 4. The molecule has 0 bridgehead atoms.